The Hall–Kier alpha value is -2.55. The fourth-order valence-electron chi connectivity index (χ4n) is 2.79. The summed E-state index contributed by atoms with van der Waals surface area (Å²) < 4.78 is 2.19. The molecular formula is C21H24N3+. The van der Waals surface area contributed by atoms with Crippen molar-refractivity contribution in [3.8, 4) is 16.9 Å². The zero-order valence-electron chi connectivity index (χ0n) is 14.7. The van der Waals surface area contributed by atoms with Crippen LogP contribution in [-0.4, -0.2) is 9.97 Å². The molecule has 0 aromatic carbocycles. The van der Waals surface area contributed by atoms with E-state index >= 15 is 0 Å². The predicted molar refractivity (Wildman–Crippen MR) is 97.1 cm³/mol. The van der Waals surface area contributed by atoms with Crippen molar-refractivity contribution in [1.82, 2.24) is 9.97 Å². The maximum absolute atomic E-state index is 4.58. The fourth-order valence-corrected chi connectivity index (χ4v) is 2.79. The predicted octanol–water partition coefficient (Wildman–Crippen LogP) is 4.11. The van der Waals surface area contributed by atoms with Crippen LogP contribution in [0.2, 0.25) is 0 Å². The number of hydrogen-bond donors (Lipinski definition) is 0. The van der Waals surface area contributed by atoms with Crippen molar-refractivity contribution in [3.63, 3.8) is 0 Å². The average molecular weight is 318 g/mol. The first-order chi connectivity index (χ1) is 11.7. The number of pyridine rings is 3. The van der Waals surface area contributed by atoms with Gasteiger partial charge < -0.3 is 0 Å². The average Bonchev–Trinajstić information content (AvgIpc) is 2.67. The lowest BCUT2D eigenvalue weighted by Crippen LogP contribution is -2.31. The van der Waals surface area contributed by atoms with Crippen LogP contribution in [-0.2, 0) is 19.3 Å². The van der Waals surface area contributed by atoms with Crippen molar-refractivity contribution >= 4 is 0 Å². The molecule has 3 rings (SSSR count). The molecule has 0 atom stereocenters. The van der Waals surface area contributed by atoms with Gasteiger partial charge in [-0.3, -0.25) is 9.97 Å². The zero-order valence-corrected chi connectivity index (χ0v) is 14.7. The summed E-state index contributed by atoms with van der Waals surface area (Å²) in [5.74, 6) is 0. The number of aryl methyl sites for hydroxylation is 3. The molecule has 0 unspecified atom stereocenters. The Kier molecular flexibility index (Phi) is 4.99. The largest absolute Gasteiger partial charge is 0.261 e. The van der Waals surface area contributed by atoms with Gasteiger partial charge in [-0.2, -0.15) is 4.57 Å². The molecule has 3 aromatic rings. The van der Waals surface area contributed by atoms with E-state index in [4.69, 9.17) is 0 Å². The Morgan fingerprint density at radius 2 is 1.58 bits per heavy atom. The second-order valence-corrected chi connectivity index (χ2v) is 5.96. The van der Waals surface area contributed by atoms with Gasteiger partial charge in [0.25, 0.3) is 0 Å². The molecule has 0 spiro atoms. The molecule has 0 saturated heterocycles. The van der Waals surface area contributed by atoms with Crippen molar-refractivity contribution in [2.75, 3.05) is 0 Å². The van der Waals surface area contributed by atoms with Crippen LogP contribution in [0.1, 0.15) is 37.6 Å². The van der Waals surface area contributed by atoms with Gasteiger partial charge in [-0.1, -0.05) is 20.8 Å². The Bertz CT molecular complexity index is 774. The Labute approximate surface area is 144 Å². The lowest BCUT2D eigenvalue weighted by molar-refractivity contribution is -0.595. The summed E-state index contributed by atoms with van der Waals surface area (Å²) in [5, 5.41) is 0. The van der Waals surface area contributed by atoms with Crippen LogP contribution in [0, 0.1) is 0 Å². The SMILES string of the molecule is CCc1ccnc(-c2cc(CC)c[n+](-c3ccnc(CC)c3)c2)c1. The van der Waals surface area contributed by atoms with E-state index in [1.54, 1.807) is 0 Å². The molecule has 0 radical (unpaired) electrons. The number of aromatic nitrogens is 3. The van der Waals surface area contributed by atoms with Gasteiger partial charge in [0, 0.05) is 35.8 Å². The maximum Gasteiger partial charge on any atom is 0.214 e. The summed E-state index contributed by atoms with van der Waals surface area (Å²) in [5.41, 5.74) is 7.04. The molecule has 3 heterocycles. The van der Waals surface area contributed by atoms with E-state index < -0.39 is 0 Å². The third kappa shape index (κ3) is 3.51. The van der Waals surface area contributed by atoms with Crippen LogP contribution in [0.25, 0.3) is 16.9 Å². The monoisotopic (exact) mass is 318 g/mol. The third-order valence-electron chi connectivity index (χ3n) is 4.32. The first-order valence-electron chi connectivity index (χ1n) is 8.69. The summed E-state index contributed by atoms with van der Waals surface area (Å²) in [6.07, 6.45) is 11.1. The summed E-state index contributed by atoms with van der Waals surface area (Å²) in [4.78, 5) is 8.98. The van der Waals surface area contributed by atoms with Crippen molar-refractivity contribution in [2.24, 2.45) is 0 Å². The molecule has 24 heavy (non-hydrogen) atoms. The molecule has 0 aliphatic rings. The number of hydrogen-bond acceptors (Lipinski definition) is 2. The highest BCUT2D eigenvalue weighted by Crippen LogP contribution is 2.19. The Morgan fingerprint density at radius 3 is 2.33 bits per heavy atom. The molecule has 0 saturated carbocycles. The van der Waals surface area contributed by atoms with Crippen molar-refractivity contribution < 1.29 is 4.57 Å². The Morgan fingerprint density at radius 1 is 0.792 bits per heavy atom. The van der Waals surface area contributed by atoms with Crippen molar-refractivity contribution in [3.05, 3.63) is 71.9 Å². The smallest absolute Gasteiger partial charge is 0.214 e. The first kappa shape index (κ1) is 16.3. The molecular weight excluding hydrogens is 294 g/mol. The quantitative estimate of drug-likeness (QED) is 0.663. The van der Waals surface area contributed by atoms with Crippen LogP contribution in [0.4, 0.5) is 0 Å². The topological polar surface area (TPSA) is 29.7 Å². The van der Waals surface area contributed by atoms with Crippen LogP contribution in [0.15, 0.2) is 55.1 Å². The second-order valence-electron chi connectivity index (χ2n) is 5.96. The lowest BCUT2D eigenvalue weighted by Gasteiger charge is -2.06. The van der Waals surface area contributed by atoms with Gasteiger partial charge in [-0.15, -0.1) is 0 Å². The van der Waals surface area contributed by atoms with E-state index in [0.717, 1.165) is 41.9 Å². The molecule has 3 aromatic heterocycles. The van der Waals surface area contributed by atoms with E-state index in [1.807, 2.05) is 12.4 Å². The molecule has 0 bridgehead atoms. The van der Waals surface area contributed by atoms with E-state index in [-0.39, 0.29) is 0 Å². The van der Waals surface area contributed by atoms with Crippen LogP contribution >= 0.6 is 0 Å². The van der Waals surface area contributed by atoms with Gasteiger partial charge in [-0.05, 0) is 43.0 Å². The summed E-state index contributed by atoms with van der Waals surface area (Å²) in [6, 6.07) is 10.7. The van der Waals surface area contributed by atoms with Gasteiger partial charge in [0.2, 0.25) is 5.69 Å². The highest BCUT2D eigenvalue weighted by molar-refractivity contribution is 5.58. The minimum Gasteiger partial charge on any atom is -0.261 e. The molecule has 0 fully saturated rings. The van der Waals surface area contributed by atoms with E-state index in [9.17, 15) is 0 Å². The van der Waals surface area contributed by atoms with Gasteiger partial charge in [0.1, 0.15) is 0 Å². The lowest BCUT2D eigenvalue weighted by atomic mass is 10.1. The molecule has 0 amide bonds. The molecule has 0 N–H and O–H groups in total. The van der Waals surface area contributed by atoms with E-state index in [1.165, 1.54) is 11.1 Å². The highest BCUT2D eigenvalue weighted by Gasteiger charge is 2.13. The molecule has 0 aliphatic heterocycles. The molecule has 3 heteroatoms. The first-order valence-corrected chi connectivity index (χ1v) is 8.69. The summed E-state index contributed by atoms with van der Waals surface area (Å²) in [7, 11) is 0. The van der Waals surface area contributed by atoms with Crippen LogP contribution < -0.4 is 4.57 Å². The summed E-state index contributed by atoms with van der Waals surface area (Å²) >= 11 is 0. The summed E-state index contributed by atoms with van der Waals surface area (Å²) in [6.45, 7) is 6.49. The Balaban J connectivity index is 2.11. The minimum atomic E-state index is 0.939. The molecule has 3 nitrogen and oxygen atoms in total. The van der Waals surface area contributed by atoms with Gasteiger partial charge >= 0.3 is 0 Å². The van der Waals surface area contributed by atoms with Gasteiger partial charge in [0.15, 0.2) is 12.4 Å². The highest BCUT2D eigenvalue weighted by atomic mass is 14.9. The standard InChI is InChI=1S/C21H24N3/c1-4-16-7-9-23-21(12-16)18-11-17(5-2)14-24(15-18)20-8-10-22-19(6-3)13-20/h7-15H,4-6H2,1-3H3/q+1. The van der Waals surface area contributed by atoms with E-state index in [0.29, 0.717) is 0 Å². The molecule has 0 aliphatic carbocycles. The van der Waals surface area contributed by atoms with Crippen molar-refractivity contribution in [1.29, 1.82) is 0 Å². The fraction of sp³-hybridized carbons (Fsp3) is 0.286. The number of rotatable bonds is 5. The van der Waals surface area contributed by atoms with Gasteiger partial charge in [0.05, 0.1) is 11.3 Å². The second kappa shape index (κ2) is 7.35. The van der Waals surface area contributed by atoms with Crippen molar-refractivity contribution in [2.45, 2.75) is 40.0 Å². The zero-order chi connectivity index (χ0) is 16.9. The molecule has 122 valence electrons. The third-order valence-corrected chi connectivity index (χ3v) is 4.32. The van der Waals surface area contributed by atoms with Crippen LogP contribution in [0.3, 0.4) is 0 Å². The minimum absolute atomic E-state index is 0.939. The number of nitrogens with zero attached hydrogens (tertiary/aromatic N) is 3. The van der Waals surface area contributed by atoms with Gasteiger partial charge in [-0.25, -0.2) is 0 Å². The normalized spacial score (nSPS) is 10.8. The van der Waals surface area contributed by atoms with E-state index in [2.05, 4.69) is 78.0 Å². The van der Waals surface area contributed by atoms with Crippen LogP contribution in [0.5, 0.6) is 0 Å². The maximum atomic E-state index is 4.58.